The van der Waals surface area contributed by atoms with Gasteiger partial charge in [-0.3, -0.25) is 4.90 Å². The molecule has 124 valence electrons. The molecule has 0 atom stereocenters. The molecular weight excluding hydrogens is 300 g/mol. The van der Waals surface area contributed by atoms with Gasteiger partial charge in [-0.05, 0) is 18.6 Å². The van der Waals surface area contributed by atoms with Crippen LogP contribution in [-0.2, 0) is 17.7 Å². The molecule has 0 saturated carbocycles. The van der Waals surface area contributed by atoms with Crippen LogP contribution in [0.1, 0.15) is 24.7 Å². The quantitative estimate of drug-likeness (QED) is 0.831. The highest BCUT2D eigenvalue weighted by Crippen LogP contribution is 2.25. The Morgan fingerprint density at radius 1 is 1.30 bits per heavy atom. The van der Waals surface area contributed by atoms with E-state index in [1.165, 1.54) is 12.1 Å². The van der Waals surface area contributed by atoms with Crippen molar-refractivity contribution in [2.24, 2.45) is 0 Å². The van der Waals surface area contributed by atoms with Crippen LogP contribution in [0, 0.1) is 11.6 Å². The van der Waals surface area contributed by atoms with Gasteiger partial charge in [0, 0.05) is 38.7 Å². The van der Waals surface area contributed by atoms with E-state index >= 15 is 0 Å². The minimum Gasteiger partial charge on any atom is -0.380 e. The zero-order valence-corrected chi connectivity index (χ0v) is 13.2. The lowest BCUT2D eigenvalue weighted by molar-refractivity contribution is 0.0990. The number of nitrogens with one attached hydrogen (secondary N) is 1. The summed E-state index contributed by atoms with van der Waals surface area (Å²) in [5, 5.41) is 0. The Bertz CT molecular complexity index is 672. The van der Waals surface area contributed by atoms with Crippen LogP contribution >= 0.6 is 0 Å². The van der Waals surface area contributed by atoms with Crippen LogP contribution in [0.25, 0.3) is 11.4 Å². The maximum absolute atomic E-state index is 13.9. The minimum absolute atomic E-state index is 0.304. The number of ether oxygens (including phenoxy) is 1. The van der Waals surface area contributed by atoms with Crippen molar-refractivity contribution in [3.63, 3.8) is 0 Å². The van der Waals surface area contributed by atoms with Crippen molar-refractivity contribution < 1.29 is 13.5 Å². The SMILES string of the molecule is CCCOCCN1CCc2nc(-c3ccc(F)cc3F)[nH]c2C1. The maximum Gasteiger partial charge on any atom is 0.140 e. The minimum atomic E-state index is -0.596. The third-order valence-electron chi connectivity index (χ3n) is 4.00. The lowest BCUT2D eigenvalue weighted by Gasteiger charge is -2.25. The summed E-state index contributed by atoms with van der Waals surface area (Å²) in [6.45, 7) is 6.14. The Labute approximate surface area is 134 Å². The molecule has 1 N–H and O–H groups in total. The fraction of sp³-hybridized carbons (Fsp3) is 0.471. The van der Waals surface area contributed by atoms with Crippen molar-refractivity contribution in [2.45, 2.75) is 26.3 Å². The van der Waals surface area contributed by atoms with E-state index in [0.717, 1.165) is 63.1 Å². The summed E-state index contributed by atoms with van der Waals surface area (Å²) in [6, 6.07) is 3.55. The fourth-order valence-electron chi connectivity index (χ4n) is 2.79. The van der Waals surface area contributed by atoms with Gasteiger partial charge in [-0.1, -0.05) is 6.92 Å². The van der Waals surface area contributed by atoms with Gasteiger partial charge in [-0.15, -0.1) is 0 Å². The smallest absolute Gasteiger partial charge is 0.140 e. The molecule has 2 heterocycles. The lowest BCUT2D eigenvalue weighted by atomic mass is 10.1. The first-order valence-corrected chi connectivity index (χ1v) is 8.00. The third-order valence-corrected chi connectivity index (χ3v) is 4.00. The van der Waals surface area contributed by atoms with Crippen molar-refractivity contribution in [2.75, 3.05) is 26.3 Å². The van der Waals surface area contributed by atoms with Crippen LogP contribution in [0.5, 0.6) is 0 Å². The van der Waals surface area contributed by atoms with Gasteiger partial charge in [0.1, 0.15) is 17.5 Å². The van der Waals surface area contributed by atoms with Crippen molar-refractivity contribution in [3.8, 4) is 11.4 Å². The molecule has 23 heavy (non-hydrogen) atoms. The van der Waals surface area contributed by atoms with E-state index in [1.807, 2.05) is 0 Å². The van der Waals surface area contributed by atoms with Gasteiger partial charge >= 0.3 is 0 Å². The first-order chi connectivity index (χ1) is 11.2. The van der Waals surface area contributed by atoms with E-state index in [1.54, 1.807) is 0 Å². The number of imidazole rings is 1. The van der Waals surface area contributed by atoms with Gasteiger partial charge in [0.2, 0.25) is 0 Å². The van der Waals surface area contributed by atoms with Gasteiger partial charge in [0.05, 0.1) is 23.6 Å². The molecule has 2 aromatic rings. The normalized spacial score (nSPS) is 14.9. The van der Waals surface area contributed by atoms with Gasteiger partial charge in [0.15, 0.2) is 0 Å². The van der Waals surface area contributed by atoms with Crippen molar-refractivity contribution in [3.05, 3.63) is 41.2 Å². The molecule has 0 amide bonds. The molecule has 1 aromatic heterocycles. The topological polar surface area (TPSA) is 41.1 Å². The van der Waals surface area contributed by atoms with Crippen molar-refractivity contribution >= 4 is 0 Å². The molecule has 0 unspecified atom stereocenters. The van der Waals surface area contributed by atoms with Gasteiger partial charge in [0.25, 0.3) is 0 Å². The number of benzene rings is 1. The summed E-state index contributed by atoms with van der Waals surface area (Å²) in [6.07, 6.45) is 1.85. The number of aromatic nitrogens is 2. The first-order valence-electron chi connectivity index (χ1n) is 8.00. The highest BCUT2D eigenvalue weighted by Gasteiger charge is 2.21. The zero-order valence-electron chi connectivity index (χ0n) is 13.2. The molecule has 0 fully saturated rings. The Morgan fingerprint density at radius 3 is 2.96 bits per heavy atom. The van der Waals surface area contributed by atoms with Crippen LogP contribution in [0.15, 0.2) is 18.2 Å². The van der Waals surface area contributed by atoms with E-state index in [4.69, 9.17) is 4.74 Å². The average molecular weight is 321 g/mol. The van der Waals surface area contributed by atoms with E-state index in [-0.39, 0.29) is 0 Å². The number of fused-ring (bicyclic) bond motifs is 1. The average Bonchev–Trinajstić information content (AvgIpc) is 2.94. The predicted molar refractivity (Wildman–Crippen MR) is 84.0 cm³/mol. The molecule has 0 aliphatic carbocycles. The summed E-state index contributed by atoms with van der Waals surface area (Å²) < 4.78 is 32.4. The van der Waals surface area contributed by atoms with E-state index in [2.05, 4.69) is 21.8 Å². The molecule has 3 rings (SSSR count). The molecular formula is C17H21F2N3O. The molecule has 0 bridgehead atoms. The van der Waals surface area contributed by atoms with Crippen LogP contribution in [0.4, 0.5) is 8.78 Å². The summed E-state index contributed by atoms with van der Waals surface area (Å²) in [4.78, 5) is 9.96. The third kappa shape index (κ3) is 3.76. The van der Waals surface area contributed by atoms with E-state index in [9.17, 15) is 8.78 Å². The van der Waals surface area contributed by atoms with Crippen LogP contribution in [0.3, 0.4) is 0 Å². The summed E-state index contributed by atoms with van der Waals surface area (Å²) in [7, 11) is 0. The molecule has 0 saturated heterocycles. The number of rotatable bonds is 6. The van der Waals surface area contributed by atoms with E-state index in [0.29, 0.717) is 11.4 Å². The number of halogens is 2. The molecule has 1 aliphatic heterocycles. The first kappa shape index (κ1) is 16.1. The standard InChI is InChI=1S/C17H21F2N3O/c1-2-8-23-9-7-22-6-5-15-16(11-22)21-17(20-15)13-4-3-12(18)10-14(13)19/h3-4,10H,2,5-9,11H2,1H3,(H,20,21). The molecule has 1 aromatic carbocycles. The maximum atomic E-state index is 13.9. The molecule has 1 aliphatic rings. The Balaban J connectivity index is 1.69. The van der Waals surface area contributed by atoms with Crippen LogP contribution in [0.2, 0.25) is 0 Å². The number of H-pyrrole nitrogens is 1. The second kappa shape index (κ2) is 7.19. The van der Waals surface area contributed by atoms with Crippen molar-refractivity contribution in [1.82, 2.24) is 14.9 Å². The van der Waals surface area contributed by atoms with Gasteiger partial charge < -0.3 is 9.72 Å². The van der Waals surface area contributed by atoms with Crippen molar-refractivity contribution in [1.29, 1.82) is 0 Å². The monoisotopic (exact) mass is 321 g/mol. The zero-order chi connectivity index (χ0) is 16.2. The second-order valence-electron chi connectivity index (χ2n) is 5.77. The lowest BCUT2D eigenvalue weighted by Crippen LogP contribution is -2.33. The molecule has 4 nitrogen and oxygen atoms in total. The largest absolute Gasteiger partial charge is 0.380 e. The van der Waals surface area contributed by atoms with E-state index < -0.39 is 11.6 Å². The summed E-state index contributed by atoms with van der Waals surface area (Å²) in [5.41, 5.74) is 2.28. The highest BCUT2D eigenvalue weighted by molar-refractivity contribution is 5.57. The second-order valence-corrected chi connectivity index (χ2v) is 5.77. The molecule has 0 spiro atoms. The van der Waals surface area contributed by atoms with Crippen LogP contribution < -0.4 is 0 Å². The summed E-state index contributed by atoms with van der Waals surface area (Å²) >= 11 is 0. The number of aromatic amines is 1. The summed E-state index contributed by atoms with van der Waals surface area (Å²) in [5.74, 6) is -0.710. The number of nitrogens with zero attached hydrogens (tertiary/aromatic N) is 2. The Kier molecular flexibility index (Phi) is 5.03. The van der Waals surface area contributed by atoms with Gasteiger partial charge in [-0.25, -0.2) is 13.8 Å². The Hall–Kier alpha value is -1.79. The molecule has 0 radical (unpaired) electrons. The van der Waals surface area contributed by atoms with Gasteiger partial charge in [-0.2, -0.15) is 0 Å². The molecule has 6 heteroatoms. The Morgan fingerprint density at radius 2 is 2.17 bits per heavy atom. The fourth-order valence-corrected chi connectivity index (χ4v) is 2.79. The number of hydrogen-bond donors (Lipinski definition) is 1. The predicted octanol–water partition coefficient (Wildman–Crippen LogP) is 3.14. The highest BCUT2D eigenvalue weighted by atomic mass is 19.1. The van der Waals surface area contributed by atoms with Crippen LogP contribution in [-0.4, -0.2) is 41.2 Å². The number of hydrogen-bond acceptors (Lipinski definition) is 3.